The third-order valence-corrected chi connectivity index (χ3v) is 10.7. The normalized spacial score (nSPS) is 31.0. The summed E-state index contributed by atoms with van der Waals surface area (Å²) < 4.78 is 19.3. The summed E-state index contributed by atoms with van der Waals surface area (Å²) in [6.45, 7) is -0.0863. The largest absolute Gasteiger partial charge is 0.508 e. The highest BCUT2D eigenvalue weighted by molar-refractivity contribution is 6.58. The molecule has 4 aliphatic rings. The van der Waals surface area contributed by atoms with E-state index in [0.29, 0.717) is 5.57 Å². The van der Waals surface area contributed by atoms with E-state index in [4.69, 9.17) is 33.0 Å². The third kappa shape index (κ3) is 4.08. The maximum atomic E-state index is 14.4. The van der Waals surface area contributed by atoms with Crippen LogP contribution in [0, 0.1) is 23.6 Å². The van der Waals surface area contributed by atoms with Crippen LogP contribution in [0.3, 0.4) is 0 Å². The van der Waals surface area contributed by atoms with Gasteiger partial charge in [-0.1, -0.05) is 17.7 Å². The SMILES string of the molecule is COc1cccc(O)c1[C@H]1C2=CC[C@@H]3C(=O)N(CCCC(=O)O)C(=O)[C@@H]3[C@@H]2C[C@@]2(Cl)C(=O)N(c3ccc(F)cc3)C(=O)[C@@]12Cl. The molecule has 1 saturated carbocycles. The number of fused-ring (bicyclic) bond motifs is 4. The Balaban J connectivity index is 1.52. The van der Waals surface area contributed by atoms with Gasteiger partial charge in [-0.3, -0.25) is 28.9 Å². The number of phenolic OH excluding ortho intramolecular Hbond substituents is 1. The molecule has 4 amide bonds. The topological polar surface area (TPSA) is 142 Å². The number of anilines is 1. The smallest absolute Gasteiger partial charge is 0.303 e. The highest BCUT2D eigenvalue weighted by Gasteiger charge is 2.77. The van der Waals surface area contributed by atoms with Crippen LogP contribution < -0.4 is 9.64 Å². The fourth-order valence-corrected chi connectivity index (χ4v) is 8.31. The van der Waals surface area contributed by atoms with Crippen molar-refractivity contribution in [2.24, 2.45) is 17.8 Å². The Hall–Kier alpha value is -3.96. The Morgan fingerprint density at radius 1 is 1.05 bits per heavy atom. The number of likely N-dealkylation sites (tertiary alicyclic amines) is 1. The van der Waals surface area contributed by atoms with E-state index < -0.39 is 68.8 Å². The van der Waals surface area contributed by atoms with Crippen LogP contribution in [0.15, 0.2) is 54.1 Å². The maximum Gasteiger partial charge on any atom is 0.303 e. The summed E-state index contributed by atoms with van der Waals surface area (Å²) in [6, 6.07) is 9.10. The summed E-state index contributed by atoms with van der Waals surface area (Å²) in [6.07, 6.45) is 1.37. The van der Waals surface area contributed by atoms with Crippen LogP contribution in [0.25, 0.3) is 0 Å². The first-order valence-corrected chi connectivity index (χ1v) is 14.8. The van der Waals surface area contributed by atoms with Crippen molar-refractivity contribution in [1.82, 2.24) is 4.90 Å². The van der Waals surface area contributed by atoms with Gasteiger partial charge in [0.25, 0.3) is 11.8 Å². The van der Waals surface area contributed by atoms with Gasteiger partial charge in [0.2, 0.25) is 11.8 Å². The Labute approximate surface area is 261 Å². The van der Waals surface area contributed by atoms with Gasteiger partial charge in [0.05, 0.1) is 24.6 Å². The predicted molar refractivity (Wildman–Crippen MR) is 155 cm³/mol. The highest BCUT2D eigenvalue weighted by atomic mass is 35.5. The number of aromatic hydroxyl groups is 1. The van der Waals surface area contributed by atoms with Crippen molar-refractivity contribution in [3.63, 3.8) is 0 Å². The third-order valence-electron chi connectivity index (χ3n) is 9.31. The lowest BCUT2D eigenvalue weighted by Crippen LogP contribution is -2.60. The number of hydrogen-bond acceptors (Lipinski definition) is 7. The molecule has 2 aliphatic heterocycles. The van der Waals surface area contributed by atoms with E-state index in [2.05, 4.69) is 0 Å². The summed E-state index contributed by atoms with van der Waals surface area (Å²) in [4.78, 5) is 64.4. The van der Waals surface area contributed by atoms with Crippen LogP contribution in [0.2, 0.25) is 0 Å². The van der Waals surface area contributed by atoms with Crippen molar-refractivity contribution < 1.29 is 43.3 Å². The van der Waals surface area contributed by atoms with E-state index in [1.807, 2.05) is 0 Å². The number of amides is 4. The average molecular weight is 645 g/mol. The van der Waals surface area contributed by atoms with Crippen molar-refractivity contribution in [2.75, 3.05) is 18.6 Å². The zero-order valence-electron chi connectivity index (χ0n) is 23.3. The molecule has 10 nitrogen and oxygen atoms in total. The number of hydrogen-bond donors (Lipinski definition) is 2. The first-order chi connectivity index (χ1) is 20.9. The van der Waals surface area contributed by atoms with Crippen molar-refractivity contribution in [2.45, 2.75) is 41.3 Å². The minimum Gasteiger partial charge on any atom is -0.508 e. The summed E-state index contributed by atoms with van der Waals surface area (Å²) >= 11 is 14.6. The number of methoxy groups -OCH3 is 1. The molecule has 3 fully saturated rings. The first kappa shape index (κ1) is 30.1. The molecule has 0 unspecified atom stereocenters. The summed E-state index contributed by atoms with van der Waals surface area (Å²) in [7, 11) is 1.36. The number of nitrogens with zero attached hydrogens (tertiary/aromatic N) is 2. The summed E-state index contributed by atoms with van der Waals surface area (Å²) in [5.74, 6) is -8.44. The number of carboxylic acid groups (broad SMARTS) is 1. The fourth-order valence-electron chi connectivity index (χ4n) is 7.39. The summed E-state index contributed by atoms with van der Waals surface area (Å²) in [5.41, 5.74) is 0.569. The molecule has 6 atom stereocenters. The average Bonchev–Trinajstić information content (AvgIpc) is 3.31. The number of phenols is 1. The number of alkyl halides is 2. The van der Waals surface area contributed by atoms with E-state index in [1.165, 1.54) is 31.4 Å². The van der Waals surface area contributed by atoms with E-state index in [0.717, 1.165) is 21.9 Å². The van der Waals surface area contributed by atoms with Crippen molar-refractivity contribution in [3.05, 3.63) is 65.5 Å². The van der Waals surface area contributed by atoms with Crippen LogP contribution in [0.4, 0.5) is 10.1 Å². The molecule has 2 saturated heterocycles. The lowest BCUT2D eigenvalue weighted by molar-refractivity contribution is -0.142. The lowest BCUT2D eigenvalue weighted by Gasteiger charge is -2.50. The zero-order valence-corrected chi connectivity index (χ0v) is 24.8. The Kier molecular flexibility index (Phi) is 7.24. The number of allylic oxidation sites excluding steroid dienone is 2. The lowest BCUT2D eigenvalue weighted by atomic mass is 9.56. The number of halogens is 3. The van der Waals surface area contributed by atoms with Crippen LogP contribution >= 0.6 is 23.2 Å². The van der Waals surface area contributed by atoms with Crippen LogP contribution in [-0.4, -0.2) is 68.1 Å². The van der Waals surface area contributed by atoms with E-state index in [-0.39, 0.29) is 55.0 Å². The minimum absolute atomic E-state index is 0.0328. The van der Waals surface area contributed by atoms with Gasteiger partial charge < -0.3 is 14.9 Å². The predicted octanol–water partition coefficient (Wildman–Crippen LogP) is 3.97. The number of carbonyl (C=O) groups is 5. The number of benzene rings is 2. The van der Waals surface area contributed by atoms with Crippen LogP contribution in [0.5, 0.6) is 11.5 Å². The summed E-state index contributed by atoms with van der Waals surface area (Å²) in [5, 5.41) is 20.2. The second-order valence-electron chi connectivity index (χ2n) is 11.5. The molecule has 0 aromatic heterocycles. The van der Waals surface area contributed by atoms with Crippen LogP contribution in [0.1, 0.15) is 37.2 Å². The molecule has 2 heterocycles. The molecule has 230 valence electrons. The molecule has 44 heavy (non-hydrogen) atoms. The van der Waals surface area contributed by atoms with Gasteiger partial charge in [-0.15, -0.1) is 23.2 Å². The Bertz CT molecular complexity index is 1650. The zero-order chi connectivity index (χ0) is 31.7. The van der Waals surface area contributed by atoms with E-state index in [1.54, 1.807) is 12.1 Å². The van der Waals surface area contributed by atoms with Gasteiger partial charge in [-0.05, 0) is 61.6 Å². The molecule has 2 aromatic carbocycles. The van der Waals surface area contributed by atoms with Gasteiger partial charge in [0.15, 0.2) is 9.75 Å². The second-order valence-corrected chi connectivity index (χ2v) is 12.7. The second kappa shape index (κ2) is 10.6. The van der Waals surface area contributed by atoms with Gasteiger partial charge in [0.1, 0.15) is 17.3 Å². The Morgan fingerprint density at radius 3 is 2.41 bits per heavy atom. The molecule has 6 rings (SSSR count). The fraction of sp³-hybridized carbons (Fsp3) is 0.387. The van der Waals surface area contributed by atoms with Crippen molar-refractivity contribution in [3.8, 4) is 11.5 Å². The van der Waals surface area contributed by atoms with Gasteiger partial charge in [-0.2, -0.15) is 0 Å². The number of imide groups is 2. The number of rotatable bonds is 7. The van der Waals surface area contributed by atoms with Crippen LogP contribution in [-0.2, 0) is 24.0 Å². The molecule has 0 bridgehead atoms. The van der Waals surface area contributed by atoms with Gasteiger partial charge in [0, 0.05) is 24.4 Å². The van der Waals surface area contributed by atoms with E-state index in [9.17, 15) is 33.5 Å². The standard InChI is InChI=1S/C31H27Cl2FN2O8/c1-44-21-5-2-4-20(37)24(21)25-17-11-12-18-23(27(41)35(26(18)40)13-3-6-22(38)39)19(17)14-30(32)28(42)36(29(43)31(25,30)33)16-9-7-15(34)8-10-16/h2,4-5,7-11,18-19,23,25,37H,3,6,12-14H2,1H3,(H,38,39)/t18-,19+,23-,25+,30+,31-/m0/s1. The number of aliphatic carboxylic acids is 1. The van der Waals surface area contributed by atoms with E-state index >= 15 is 0 Å². The van der Waals surface area contributed by atoms with Crippen molar-refractivity contribution >= 4 is 58.5 Å². The molecule has 2 aromatic rings. The Morgan fingerprint density at radius 2 is 1.75 bits per heavy atom. The molecule has 2 N–H and O–H groups in total. The molecule has 0 radical (unpaired) electrons. The van der Waals surface area contributed by atoms with Crippen molar-refractivity contribution in [1.29, 1.82) is 0 Å². The molecule has 2 aliphatic carbocycles. The number of carbonyl (C=O) groups excluding carboxylic acids is 4. The molecule has 0 spiro atoms. The number of ether oxygens (including phenoxy) is 1. The maximum absolute atomic E-state index is 14.4. The number of carboxylic acids is 1. The molecule has 13 heteroatoms. The first-order valence-electron chi connectivity index (χ1n) is 14.0. The minimum atomic E-state index is -2.23. The molecular weight excluding hydrogens is 618 g/mol. The highest BCUT2D eigenvalue weighted by Crippen LogP contribution is 2.67. The molecular formula is C31H27Cl2FN2O8. The van der Waals surface area contributed by atoms with Gasteiger partial charge >= 0.3 is 5.97 Å². The van der Waals surface area contributed by atoms with Gasteiger partial charge in [-0.25, -0.2) is 9.29 Å². The quantitative estimate of drug-likeness (QED) is 0.262. The monoisotopic (exact) mass is 644 g/mol.